The molecule has 0 amide bonds. The summed E-state index contributed by atoms with van der Waals surface area (Å²) in [6, 6.07) is 7.53. The Balaban J connectivity index is 2.26. The van der Waals surface area contributed by atoms with Crippen LogP contribution in [0.5, 0.6) is 0 Å². The normalized spacial score (nSPS) is 10.9. The predicted octanol–water partition coefficient (Wildman–Crippen LogP) is 3.12. The molecule has 1 N–H and O–H groups in total. The highest BCUT2D eigenvalue weighted by Crippen LogP contribution is 2.13. The van der Waals surface area contributed by atoms with Gasteiger partial charge in [0.05, 0.1) is 0 Å². The van der Waals surface area contributed by atoms with Gasteiger partial charge in [0.2, 0.25) is 0 Å². The highest BCUT2D eigenvalue weighted by atomic mass is 79.9. The Kier molecular flexibility index (Phi) is 7.94. The minimum atomic E-state index is 0.184. The predicted molar refractivity (Wildman–Crippen MR) is 81.5 cm³/mol. The van der Waals surface area contributed by atoms with E-state index in [4.69, 9.17) is 5.11 Å². The summed E-state index contributed by atoms with van der Waals surface area (Å²) >= 11 is 3.38. The Hall–Kier alpha value is -0.710. The average Bonchev–Trinajstić information content (AvgIpc) is 2.41. The summed E-state index contributed by atoms with van der Waals surface area (Å²) in [5.74, 6) is 0.184. The van der Waals surface area contributed by atoms with Crippen molar-refractivity contribution in [2.45, 2.75) is 25.7 Å². The lowest BCUT2D eigenvalue weighted by Gasteiger charge is -2.15. The van der Waals surface area contributed by atoms with Gasteiger partial charge in [0.1, 0.15) is 0 Å². The molecule has 0 saturated heterocycles. The zero-order chi connectivity index (χ0) is 14.1. The molecule has 0 fully saturated rings. The minimum absolute atomic E-state index is 0.184. The number of Topliss-reactive ketones (excluding diaryl/α,β-unsaturated/α-hetero) is 1. The Bertz CT molecular complexity index is 395. The number of hydrogen-bond acceptors (Lipinski definition) is 3. The summed E-state index contributed by atoms with van der Waals surface area (Å²) in [5.41, 5.74) is 0.767. The lowest BCUT2D eigenvalue weighted by Crippen LogP contribution is -2.23. The van der Waals surface area contributed by atoms with E-state index in [0.717, 1.165) is 42.4 Å². The van der Waals surface area contributed by atoms with Gasteiger partial charge in [0.15, 0.2) is 5.78 Å². The van der Waals surface area contributed by atoms with Crippen molar-refractivity contribution in [2.24, 2.45) is 0 Å². The molecule has 0 spiro atoms. The molecule has 4 heteroatoms. The van der Waals surface area contributed by atoms with E-state index in [1.165, 1.54) is 0 Å². The molecule has 1 rings (SSSR count). The van der Waals surface area contributed by atoms with Crippen LogP contribution >= 0.6 is 15.9 Å². The summed E-state index contributed by atoms with van der Waals surface area (Å²) in [4.78, 5) is 14.2. The van der Waals surface area contributed by atoms with E-state index in [9.17, 15) is 4.79 Å². The second-order valence-corrected chi connectivity index (χ2v) is 5.69. The van der Waals surface area contributed by atoms with E-state index in [-0.39, 0.29) is 12.4 Å². The molecule has 1 aromatic carbocycles. The van der Waals surface area contributed by atoms with E-state index < -0.39 is 0 Å². The number of ketones is 1. The Morgan fingerprint density at radius 3 is 2.74 bits per heavy atom. The van der Waals surface area contributed by atoms with Crippen molar-refractivity contribution in [2.75, 3.05) is 26.7 Å². The topological polar surface area (TPSA) is 40.5 Å². The molecule has 0 heterocycles. The Morgan fingerprint density at radius 2 is 2.05 bits per heavy atom. The van der Waals surface area contributed by atoms with E-state index in [2.05, 4.69) is 20.8 Å². The van der Waals surface area contributed by atoms with Gasteiger partial charge in [0, 0.05) is 29.6 Å². The van der Waals surface area contributed by atoms with Crippen molar-refractivity contribution in [3.05, 3.63) is 34.3 Å². The molecule has 0 aliphatic heterocycles. The first-order chi connectivity index (χ1) is 9.13. The molecular formula is C15H22BrNO2. The van der Waals surface area contributed by atoms with Gasteiger partial charge in [-0.1, -0.05) is 28.1 Å². The summed E-state index contributed by atoms with van der Waals surface area (Å²) in [5, 5.41) is 8.69. The fourth-order valence-electron chi connectivity index (χ4n) is 1.88. The van der Waals surface area contributed by atoms with Crippen LogP contribution in [-0.2, 0) is 0 Å². The summed E-state index contributed by atoms with van der Waals surface area (Å²) in [7, 11) is 2.03. The van der Waals surface area contributed by atoms with Gasteiger partial charge in [-0.05, 0) is 45.0 Å². The zero-order valence-corrected chi connectivity index (χ0v) is 13.0. The van der Waals surface area contributed by atoms with E-state index in [1.54, 1.807) is 0 Å². The van der Waals surface area contributed by atoms with Gasteiger partial charge in [-0.3, -0.25) is 4.79 Å². The van der Waals surface area contributed by atoms with Crippen LogP contribution in [0, 0.1) is 0 Å². The smallest absolute Gasteiger partial charge is 0.164 e. The number of halogens is 1. The maximum absolute atomic E-state index is 12.0. The van der Waals surface area contributed by atoms with Crippen LogP contribution in [0.15, 0.2) is 28.7 Å². The third-order valence-corrected chi connectivity index (χ3v) is 3.56. The average molecular weight is 328 g/mol. The van der Waals surface area contributed by atoms with E-state index >= 15 is 0 Å². The van der Waals surface area contributed by atoms with Gasteiger partial charge in [-0.15, -0.1) is 0 Å². The number of aliphatic hydroxyl groups excluding tert-OH is 1. The van der Waals surface area contributed by atoms with Crippen LogP contribution in [0.25, 0.3) is 0 Å². The summed E-state index contributed by atoms with van der Waals surface area (Å²) in [6.07, 6.45) is 3.53. The monoisotopic (exact) mass is 327 g/mol. The van der Waals surface area contributed by atoms with E-state index in [0.29, 0.717) is 6.42 Å². The number of carbonyl (C=O) groups excluding carboxylic acids is 1. The molecule has 1 aromatic rings. The number of hydrogen-bond donors (Lipinski definition) is 1. The van der Waals surface area contributed by atoms with Crippen molar-refractivity contribution >= 4 is 21.7 Å². The van der Waals surface area contributed by atoms with Crippen LogP contribution in [-0.4, -0.2) is 42.5 Å². The SMILES string of the molecule is CN(CCCCCO)CCC(=O)c1cccc(Br)c1. The maximum atomic E-state index is 12.0. The number of aliphatic hydroxyl groups is 1. The second-order valence-electron chi connectivity index (χ2n) is 4.77. The van der Waals surface area contributed by atoms with Crippen LogP contribution < -0.4 is 0 Å². The number of unbranched alkanes of at least 4 members (excludes halogenated alkanes) is 2. The van der Waals surface area contributed by atoms with Crippen molar-refractivity contribution in [3.63, 3.8) is 0 Å². The standard InChI is InChI=1S/C15H22BrNO2/c1-17(9-3-2-4-11-18)10-8-15(19)13-6-5-7-14(16)12-13/h5-7,12,18H,2-4,8-11H2,1H3. The highest BCUT2D eigenvalue weighted by Gasteiger charge is 2.07. The third kappa shape index (κ3) is 6.85. The van der Waals surface area contributed by atoms with Crippen molar-refractivity contribution in [3.8, 4) is 0 Å². The molecule has 0 aliphatic carbocycles. The van der Waals surface area contributed by atoms with Crippen LogP contribution in [0.2, 0.25) is 0 Å². The molecule has 3 nitrogen and oxygen atoms in total. The molecule has 0 bridgehead atoms. The van der Waals surface area contributed by atoms with Crippen LogP contribution in [0.4, 0.5) is 0 Å². The molecule has 106 valence electrons. The zero-order valence-electron chi connectivity index (χ0n) is 11.4. The van der Waals surface area contributed by atoms with Gasteiger partial charge in [-0.25, -0.2) is 0 Å². The molecule has 0 aromatic heterocycles. The first-order valence-corrected chi connectivity index (χ1v) is 7.51. The fraction of sp³-hybridized carbons (Fsp3) is 0.533. The Labute approximate surface area is 123 Å². The number of nitrogens with zero attached hydrogens (tertiary/aromatic N) is 1. The van der Waals surface area contributed by atoms with Crippen molar-refractivity contribution < 1.29 is 9.90 Å². The quantitative estimate of drug-likeness (QED) is 0.559. The van der Waals surface area contributed by atoms with Gasteiger partial charge in [0.25, 0.3) is 0 Å². The fourth-order valence-corrected chi connectivity index (χ4v) is 2.28. The van der Waals surface area contributed by atoms with E-state index in [1.807, 2.05) is 31.3 Å². The Morgan fingerprint density at radius 1 is 1.26 bits per heavy atom. The van der Waals surface area contributed by atoms with Gasteiger partial charge < -0.3 is 10.0 Å². The molecule has 0 aliphatic rings. The largest absolute Gasteiger partial charge is 0.396 e. The van der Waals surface area contributed by atoms with Crippen LogP contribution in [0.1, 0.15) is 36.0 Å². The first kappa shape index (κ1) is 16.3. The van der Waals surface area contributed by atoms with Crippen molar-refractivity contribution in [1.82, 2.24) is 4.90 Å². The molecule has 0 unspecified atom stereocenters. The van der Waals surface area contributed by atoms with Gasteiger partial charge >= 0.3 is 0 Å². The number of benzene rings is 1. The lowest BCUT2D eigenvalue weighted by atomic mass is 10.1. The molecule has 0 atom stereocenters. The molecule has 0 saturated carbocycles. The maximum Gasteiger partial charge on any atom is 0.164 e. The van der Waals surface area contributed by atoms with Gasteiger partial charge in [-0.2, -0.15) is 0 Å². The number of carbonyl (C=O) groups is 1. The summed E-state index contributed by atoms with van der Waals surface area (Å²) in [6.45, 7) is 2.03. The molecule has 0 radical (unpaired) electrons. The minimum Gasteiger partial charge on any atom is -0.396 e. The van der Waals surface area contributed by atoms with Crippen molar-refractivity contribution in [1.29, 1.82) is 0 Å². The lowest BCUT2D eigenvalue weighted by molar-refractivity contribution is 0.0968. The van der Waals surface area contributed by atoms with Crippen LogP contribution in [0.3, 0.4) is 0 Å². The molecular weight excluding hydrogens is 306 g/mol. The highest BCUT2D eigenvalue weighted by molar-refractivity contribution is 9.10. The second kappa shape index (κ2) is 9.23. The summed E-state index contributed by atoms with van der Waals surface area (Å²) < 4.78 is 0.940. The molecule has 19 heavy (non-hydrogen) atoms. The first-order valence-electron chi connectivity index (χ1n) is 6.71. The number of rotatable bonds is 9. The third-order valence-electron chi connectivity index (χ3n) is 3.07.